The van der Waals surface area contributed by atoms with Gasteiger partial charge in [0.2, 0.25) is 0 Å². The van der Waals surface area contributed by atoms with Crippen LogP contribution in [0.1, 0.15) is 73.6 Å². The van der Waals surface area contributed by atoms with Crippen molar-refractivity contribution in [3.8, 4) is 6.07 Å². The van der Waals surface area contributed by atoms with Crippen molar-refractivity contribution in [1.82, 2.24) is 0 Å². The minimum absolute atomic E-state index is 0.105. The second-order valence-electron chi connectivity index (χ2n) is 8.32. The topological polar surface area (TPSA) is 44.0 Å². The molecule has 2 nitrogen and oxygen atoms in total. The Morgan fingerprint density at radius 3 is 2.83 bits per heavy atom. The van der Waals surface area contributed by atoms with Gasteiger partial charge in [0.15, 0.2) is 0 Å². The molecule has 23 heavy (non-hydrogen) atoms. The normalized spacial score (nSPS) is 38.9. The van der Waals surface area contributed by atoms with Crippen molar-refractivity contribution >= 4 is 0 Å². The van der Waals surface area contributed by atoms with E-state index >= 15 is 0 Å². The van der Waals surface area contributed by atoms with Crippen LogP contribution in [-0.4, -0.2) is 11.2 Å². The maximum Gasteiger partial charge on any atom is 0.0994 e. The van der Waals surface area contributed by atoms with E-state index in [1.165, 1.54) is 42.4 Å². The summed E-state index contributed by atoms with van der Waals surface area (Å²) in [6.07, 6.45) is 8.06. The molecule has 3 unspecified atom stereocenters. The van der Waals surface area contributed by atoms with E-state index in [0.29, 0.717) is 11.8 Å². The molecule has 0 aromatic heterocycles. The quantitative estimate of drug-likeness (QED) is 0.768. The van der Waals surface area contributed by atoms with Crippen LogP contribution in [0.25, 0.3) is 0 Å². The Morgan fingerprint density at radius 1 is 1.22 bits per heavy atom. The Hall–Kier alpha value is -1.33. The molecule has 3 aliphatic carbocycles. The maximum absolute atomic E-state index is 10.6. The molecule has 1 aromatic carbocycles. The van der Waals surface area contributed by atoms with Gasteiger partial charge >= 0.3 is 0 Å². The fourth-order valence-corrected chi connectivity index (χ4v) is 6.13. The van der Waals surface area contributed by atoms with Crippen molar-refractivity contribution in [2.24, 2.45) is 17.3 Å². The molecule has 1 N–H and O–H groups in total. The molecule has 2 heteroatoms. The van der Waals surface area contributed by atoms with Gasteiger partial charge in [-0.15, -0.1) is 0 Å². The molecule has 0 spiro atoms. The summed E-state index contributed by atoms with van der Waals surface area (Å²) in [5.41, 5.74) is 5.15. The summed E-state index contributed by atoms with van der Waals surface area (Å²) < 4.78 is 0. The van der Waals surface area contributed by atoms with Gasteiger partial charge in [-0.3, -0.25) is 0 Å². The third-order valence-corrected chi connectivity index (χ3v) is 7.51. The van der Waals surface area contributed by atoms with Crippen molar-refractivity contribution in [2.45, 2.75) is 70.8 Å². The summed E-state index contributed by atoms with van der Waals surface area (Å²) in [5.74, 6) is 2.05. The average Bonchev–Trinajstić information content (AvgIpc) is 2.56. The molecule has 0 amide bonds. The highest BCUT2D eigenvalue weighted by molar-refractivity contribution is 5.49. The maximum atomic E-state index is 10.6. The summed E-state index contributed by atoms with van der Waals surface area (Å²) in [4.78, 5) is 0. The number of benzene rings is 1. The zero-order valence-corrected chi connectivity index (χ0v) is 14.3. The van der Waals surface area contributed by atoms with Crippen LogP contribution < -0.4 is 0 Å². The van der Waals surface area contributed by atoms with Crippen molar-refractivity contribution in [2.75, 3.05) is 0 Å². The van der Waals surface area contributed by atoms with Crippen LogP contribution >= 0.6 is 0 Å². The smallest absolute Gasteiger partial charge is 0.0994 e. The van der Waals surface area contributed by atoms with Crippen LogP contribution in [0.5, 0.6) is 0 Å². The van der Waals surface area contributed by atoms with Gasteiger partial charge in [-0.1, -0.05) is 19.4 Å². The van der Waals surface area contributed by atoms with Crippen LogP contribution in [0, 0.1) is 35.5 Å². The zero-order chi connectivity index (χ0) is 16.2. The number of aliphatic hydroxyl groups excluding tert-OH is 1. The zero-order valence-electron chi connectivity index (χ0n) is 14.3. The van der Waals surface area contributed by atoms with E-state index in [0.717, 1.165) is 30.7 Å². The van der Waals surface area contributed by atoms with E-state index < -0.39 is 0 Å². The first-order valence-electron chi connectivity index (χ1n) is 9.27. The van der Waals surface area contributed by atoms with E-state index in [1.807, 2.05) is 6.07 Å². The monoisotopic (exact) mass is 309 g/mol. The number of nitrogens with zero attached hydrogens (tertiary/aromatic N) is 1. The molecule has 0 aliphatic heterocycles. The molecular weight excluding hydrogens is 282 g/mol. The summed E-state index contributed by atoms with van der Waals surface area (Å²) in [5, 5.41) is 19.9. The van der Waals surface area contributed by atoms with E-state index in [2.05, 4.69) is 26.0 Å². The minimum atomic E-state index is -0.105. The fraction of sp³-hybridized carbons (Fsp3) is 0.667. The highest BCUT2D eigenvalue weighted by atomic mass is 16.3. The summed E-state index contributed by atoms with van der Waals surface area (Å²) in [6, 6.07) is 6.61. The Morgan fingerprint density at radius 2 is 2.04 bits per heavy atom. The lowest BCUT2D eigenvalue weighted by atomic mass is 9.50. The van der Waals surface area contributed by atoms with Crippen molar-refractivity contribution < 1.29 is 5.11 Å². The molecule has 0 radical (unpaired) electrons. The fourth-order valence-electron chi connectivity index (χ4n) is 6.13. The SMILES string of the molecule is Cc1c(C#N)ccc2c1CCC1C2CC[C@@]2(C)C1CCC[C@@H]2O. The lowest BCUT2D eigenvalue weighted by Gasteiger charge is -2.56. The standard InChI is InChI=1S/C21H27NO/c1-13-14(12-22)6-7-16-15(13)8-9-18-17(16)10-11-21(2)19(18)4-3-5-20(21)23/h6-7,17-20,23H,3-5,8-11H2,1-2H3/t17?,18?,19?,20-,21-/m0/s1. The summed E-state index contributed by atoms with van der Waals surface area (Å²) in [6.45, 7) is 4.46. The van der Waals surface area contributed by atoms with Gasteiger partial charge in [0.05, 0.1) is 17.7 Å². The molecule has 5 atom stereocenters. The summed E-state index contributed by atoms with van der Waals surface area (Å²) >= 11 is 0. The molecule has 0 heterocycles. The first-order chi connectivity index (χ1) is 11.1. The summed E-state index contributed by atoms with van der Waals surface area (Å²) in [7, 11) is 0. The largest absolute Gasteiger partial charge is 0.393 e. The van der Waals surface area contributed by atoms with Gasteiger partial charge in [-0.25, -0.2) is 0 Å². The van der Waals surface area contributed by atoms with Gasteiger partial charge in [0.25, 0.3) is 0 Å². The van der Waals surface area contributed by atoms with Crippen LogP contribution in [-0.2, 0) is 6.42 Å². The Balaban J connectivity index is 1.73. The Kier molecular flexibility index (Phi) is 3.54. The number of hydrogen-bond acceptors (Lipinski definition) is 2. The molecule has 4 rings (SSSR count). The van der Waals surface area contributed by atoms with Gasteiger partial charge in [0, 0.05) is 0 Å². The van der Waals surface area contributed by atoms with Gasteiger partial charge in [-0.05, 0) is 91.4 Å². The lowest BCUT2D eigenvalue weighted by molar-refractivity contribution is -0.0976. The predicted octanol–water partition coefficient (Wildman–Crippen LogP) is 4.47. The van der Waals surface area contributed by atoms with Crippen molar-refractivity contribution in [3.63, 3.8) is 0 Å². The molecule has 0 saturated heterocycles. The second kappa shape index (κ2) is 5.35. The third-order valence-electron chi connectivity index (χ3n) is 7.51. The molecular formula is C21H27NO. The molecule has 3 aliphatic rings. The van der Waals surface area contributed by atoms with Gasteiger partial charge in [-0.2, -0.15) is 5.26 Å². The first-order valence-corrected chi connectivity index (χ1v) is 9.27. The Bertz CT molecular complexity index is 673. The van der Waals surface area contributed by atoms with E-state index in [1.54, 1.807) is 0 Å². The molecule has 2 fully saturated rings. The van der Waals surface area contributed by atoms with Crippen LogP contribution in [0.2, 0.25) is 0 Å². The van der Waals surface area contributed by atoms with E-state index in [4.69, 9.17) is 0 Å². The van der Waals surface area contributed by atoms with Crippen LogP contribution in [0.4, 0.5) is 0 Å². The van der Waals surface area contributed by atoms with Crippen LogP contribution in [0.3, 0.4) is 0 Å². The third kappa shape index (κ3) is 2.09. The van der Waals surface area contributed by atoms with E-state index in [9.17, 15) is 10.4 Å². The average molecular weight is 309 g/mol. The molecule has 2 saturated carbocycles. The van der Waals surface area contributed by atoms with Crippen LogP contribution in [0.15, 0.2) is 12.1 Å². The van der Waals surface area contributed by atoms with Gasteiger partial charge < -0.3 is 5.11 Å². The highest BCUT2D eigenvalue weighted by Gasteiger charge is 2.52. The molecule has 0 bridgehead atoms. The lowest BCUT2D eigenvalue weighted by Crippen LogP contribution is -2.51. The second-order valence-corrected chi connectivity index (χ2v) is 8.32. The van der Waals surface area contributed by atoms with Crippen molar-refractivity contribution in [3.05, 3.63) is 34.4 Å². The minimum Gasteiger partial charge on any atom is -0.393 e. The molecule has 122 valence electrons. The molecule has 1 aromatic rings. The number of rotatable bonds is 0. The predicted molar refractivity (Wildman–Crippen MR) is 91.1 cm³/mol. The first kappa shape index (κ1) is 15.2. The number of fused-ring (bicyclic) bond motifs is 5. The number of aliphatic hydroxyl groups is 1. The van der Waals surface area contributed by atoms with Gasteiger partial charge in [0.1, 0.15) is 0 Å². The number of hydrogen-bond donors (Lipinski definition) is 1. The van der Waals surface area contributed by atoms with Crippen molar-refractivity contribution in [1.29, 1.82) is 5.26 Å². The van der Waals surface area contributed by atoms with E-state index in [-0.39, 0.29) is 11.5 Å². The Labute approximate surface area is 139 Å². The number of nitriles is 1. The highest BCUT2D eigenvalue weighted by Crippen LogP contribution is 2.59.